The van der Waals surface area contributed by atoms with Gasteiger partial charge < -0.3 is 38.2 Å². The van der Waals surface area contributed by atoms with Gasteiger partial charge in [-0.2, -0.15) is 0 Å². The Labute approximate surface area is 350 Å². The second kappa shape index (κ2) is 17.0. The number of Topliss-reactive ketones (excluding diaryl/α,β-unsaturated/α-hetero) is 2. The lowest BCUT2D eigenvalue weighted by Gasteiger charge is -2.48. The van der Waals surface area contributed by atoms with Crippen molar-refractivity contribution in [2.24, 2.45) is 23.2 Å². The first-order valence-corrected chi connectivity index (χ1v) is 20.7. The molecule has 2 aromatic heterocycles. The number of hydrogen-bond donors (Lipinski definition) is 1. The number of nitrogens with zero attached hydrogens (tertiary/aromatic N) is 4. The highest BCUT2D eigenvalue weighted by atomic mass is 19.1. The van der Waals surface area contributed by atoms with Crippen LogP contribution in [0.1, 0.15) is 80.4 Å². The van der Waals surface area contributed by atoms with E-state index in [-0.39, 0.29) is 37.5 Å². The quantitative estimate of drug-likeness (QED) is 0.242. The lowest BCUT2D eigenvalue weighted by atomic mass is 9.62. The minimum atomic E-state index is -3.22. The minimum absolute atomic E-state index is 0.0930. The highest BCUT2D eigenvalue weighted by Gasteiger charge is 2.71. The van der Waals surface area contributed by atoms with E-state index in [1.165, 1.54) is 6.92 Å². The number of likely N-dealkylation sites (N-methyl/N-ethyl adjacent to an activating group) is 2. The monoisotopic (exact) mass is 838 g/mol. The molecular weight excluding hydrogens is 779 g/mol. The van der Waals surface area contributed by atoms with Crippen molar-refractivity contribution in [1.82, 2.24) is 19.9 Å². The lowest BCUT2D eigenvalue weighted by molar-refractivity contribution is -0.296. The standard InChI is InChI=1S/C44H59FN4O11/c1-12-31-44(8)34-32(38(53)59-44)49(11)23-41(34,5)35(51)24(2)22-42(6,55-19-15-16-27-21-29(47-60-27)28-17-13-14-18-46-28)37(26(4)36(52)43(7,45)40(54)57-31)58-39-33(50)30(48(9)10)20-25(3)56-39/h13-14,17-18,21,24-26,30-34,37,39,50H,12,19-20,22-23H2,1-11H3/t24-,25-,26+,30+,31-,32-,33-,34-,37-,39+,41-,42+,43-,44-/m1/s1. The van der Waals surface area contributed by atoms with Gasteiger partial charge >= 0.3 is 11.9 Å². The van der Waals surface area contributed by atoms with E-state index in [1.54, 1.807) is 71.0 Å². The van der Waals surface area contributed by atoms with Crippen LogP contribution in [0, 0.1) is 35.0 Å². The van der Waals surface area contributed by atoms with Crippen LogP contribution in [0.25, 0.3) is 11.4 Å². The van der Waals surface area contributed by atoms with Crippen LogP contribution < -0.4 is 0 Å². The van der Waals surface area contributed by atoms with Crippen molar-refractivity contribution in [3.05, 3.63) is 36.2 Å². The first kappa shape index (κ1) is 45.4. The average Bonchev–Trinajstić information content (AvgIpc) is 3.87. The van der Waals surface area contributed by atoms with Crippen LogP contribution in [0.15, 0.2) is 35.0 Å². The molecule has 4 aliphatic heterocycles. The number of pyridine rings is 1. The Hall–Kier alpha value is -4.11. The Balaban J connectivity index is 1.44. The van der Waals surface area contributed by atoms with Crippen LogP contribution in [0.2, 0.25) is 0 Å². The molecule has 60 heavy (non-hydrogen) atoms. The van der Waals surface area contributed by atoms with Gasteiger partial charge in [0.25, 0.3) is 5.67 Å². The third-order valence-electron chi connectivity index (χ3n) is 13.2. The maximum Gasteiger partial charge on any atom is 0.351 e. The number of ether oxygens (including phenoxy) is 5. The molecule has 0 saturated carbocycles. The van der Waals surface area contributed by atoms with Crippen LogP contribution in [0.3, 0.4) is 0 Å². The first-order chi connectivity index (χ1) is 28.1. The third-order valence-corrected chi connectivity index (χ3v) is 13.2. The summed E-state index contributed by atoms with van der Waals surface area (Å²) < 4.78 is 53.8. The van der Waals surface area contributed by atoms with Gasteiger partial charge in [0, 0.05) is 48.0 Å². The zero-order valence-electron chi connectivity index (χ0n) is 36.4. The molecule has 6 heterocycles. The number of aromatic nitrogens is 2. The molecule has 4 saturated heterocycles. The molecular formula is C44H59FN4O11. The van der Waals surface area contributed by atoms with Crippen molar-refractivity contribution in [3.8, 4) is 23.2 Å². The molecule has 0 unspecified atom stereocenters. The number of carbonyl (C=O) groups excluding carboxylic acids is 4. The van der Waals surface area contributed by atoms with E-state index in [4.69, 9.17) is 28.2 Å². The average molecular weight is 839 g/mol. The molecule has 0 radical (unpaired) electrons. The number of alkyl halides is 1. The van der Waals surface area contributed by atoms with Crippen molar-refractivity contribution in [2.45, 2.75) is 134 Å². The summed E-state index contributed by atoms with van der Waals surface area (Å²) in [5, 5.41) is 15.7. The van der Waals surface area contributed by atoms with E-state index in [2.05, 4.69) is 22.0 Å². The number of ketones is 2. The summed E-state index contributed by atoms with van der Waals surface area (Å²) in [4.78, 5) is 65.1. The number of likely N-dealkylation sites (tertiary alicyclic amines) is 1. The maximum absolute atomic E-state index is 17.1. The molecule has 4 aliphatic rings. The number of carbonyl (C=O) groups is 4. The van der Waals surface area contributed by atoms with Crippen molar-refractivity contribution in [1.29, 1.82) is 0 Å². The third kappa shape index (κ3) is 8.16. The largest absolute Gasteiger partial charge is 0.455 e. The van der Waals surface area contributed by atoms with Crippen molar-refractivity contribution in [3.63, 3.8) is 0 Å². The fourth-order valence-electron chi connectivity index (χ4n) is 10.3. The van der Waals surface area contributed by atoms with E-state index >= 15 is 9.18 Å². The summed E-state index contributed by atoms with van der Waals surface area (Å²) in [6.45, 7) is 12.4. The van der Waals surface area contributed by atoms with E-state index in [9.17, 15) is 19.5 Å². The van der Waals surface area contributed by atoms with E-state index in [0.29, 0.717) is 17.8 Å². The molecule has 0 aromatic carbocycles. The minimum Gasteiger partial charge on any atom is -0.455 e. The molecule has 15 nitrogen and oxygen atoms in total. The first-order valence-electron chi connectivity index (χ1n) is 20.7. The summed E-state index contributed by atoms with van der Waals surface area (Å²) in [5.74, 6) is -0.528. The summed E-state index contributed by atoms with van der Waals surface area (Å²) in [7, 11) is 5.36. The predicted octanol–water partition coefficient (Wildman–Crippen LogP) is 3.79. The molecule has 0 bridgehead atoms. The van der Waals surface area contributed by atoms with Crippen LogP contribution in [-0.4, -0.2) is 143 Å². The Morgan fingerprint density at radius 2 is 1.78 bits per heavy atom. The lowest BCUT2D eigenvalue weighted by Crippen LogP contribution is -2.61. The van der Waals surface area contributed by atoms with E-state index < -0.39 is 101 Å². The van der Waals surface area contributed by atoms with Crippen molar-refractivity contribution >= 4 is 23.5 Å². The van der Waals surface area contributed by atoms with Gasteiger partial charge in [-0.15, -0.1) is 0 Å². The van der Waals surface area contributed by atoms with Gasteiger partial charge in [-0.05, 0) is 86.2 Å². The number of cyclic esters (lactones) is 1. The Bertz CT molecular complexity index is 2000. The smallest absolute Gasteiger partial charge is 0.351 e. The topological polar surface area (TPSA) is 180 Å². The number of aliphatic hydroxyl groups excluding tert-OH is 1. The Kier molecular flexibility index (Phi) is 12.9. The van der Waals surface area contributed by atoms with Crippen LogP contribution in [0.5, 0.6) is 0 Å². The molecule has 14 atom stereocenters. The van der Waals surface area contributed by atoms with E-state index in [0.717, 1.165) is 6.92 Å². The van der Waals surface area contributed by atoms with Gasteiger partial charge in [-0.1, -0.05) is 44.8 Å². The fourth-order valence-corrected chi connectivity index (χ4v) is 10.3. The van der Waals surface area contributed by atoms with Gasteiger partial charge in [0.05, 0.1) is 23.5 Å². The highest BCUT2D eigenvalue weighted by Crippen LogP contribution is 2.55. The highest BCUT2D eigenvalue weighted by molar-refractivity contribution is 6.08. The summed E-state index contributed by atoms with van der Waals surface area (Å²) in [5.41, 5.74) is -6.57. The van der Waals surface area contributed by atoms with Gasteiger partial charge in [0.2, 0.25) is 5.76 Å². The number of esters is 2. The molecule has 4 fully saturated rings. The van der Waals surface area contributed by atoms with Crippen LogP contribution in [0.4, 0.5) is 4.39 Å². The molecule has 1 N–H and O–H groups in total. The Morgan fingerprint density at radius 3 is 2.43 bits per heavy atom. The van der Waals surface area contributed by atoms with Gasteiger partial charge in [0.1, 0.15) is 36.3 Å². The SMILES string of the molecule is CC[C@H]1OC(=O)[C@](C)(F)C(=O)[C@H](C)[C@@H](O[C@@H]2O[C@H](C)C[C@H](N(C)C)[C@H]2O)[C@@](C)(OCC#Cc2cc(-c3ccccn3)no2)C[C@@H](C)C(=O)[C@]2(C)CN(C)[C@H]3C(=O)O[C@@]1(C)[C@H]32. The molecule has 6 rings (SSSR count). The molecule has 16 heteroatoms. The van der Waals surface area contributed by atoms with Crippen LogP contribution >= 0.6 is 0 Å². The summed E-state index contributed by atoms with van der Waals surface area (Å²) in [6, 6.07) is 5.73. The molecule has 328 valence electrons. The molecule has 0 aliphatic carbocycles. The normalized spacial score (nSPS) is 40.4. The number of rotatable bonds is 7. The van der Waals surface area contributed by atoms with Gasteiger partial charge in [-0.25, -0.2) is 9.18 Å². The fraction of sp³-hybridized carbons (Fsp3) is 0.682. The van der Waals surface area contributed by atoms with Crippen molar-refractivity contribution in [2.75, 3.05) is 34.3 Å². The molecule has 2 aromatic rings. The van der Waals surface area contributed by atoms with Crippen LogP contribution in [-0.2, 0) is 42.9 Å². The predicted molar refractivity (Wildman–Crippen MR) is 213 cm³/mol. The molecule has 0 amide bonds. The number of aliphatic hydroxyl groups is 1. The van der Waals surface area contributed by atoms with Crippen molar-refractivity contribution < 1.29 is 56.9 Å². The second-order valence-electron chi connectivity index (χ2n) is 18.1. The zero-order valence-corrected chi connectivity index (χ0v) is 36.4. The summed E-state index contributed by atoms with van der Waals surface area (Å²) >= 11 is 0. The molecule has 0 spiro atoms. The second-order valence-corrected chi connectivity index (χ2v) is 18.1. The maximum atomic E-state index is 17.1. The number of hydrogen-bond acceptors (Lipinski definition) is 15. The van der Waals surface area contributed by atoms with Gasteiger partial charge in [-0.3, -0.25) is 24.3 Å². The summed E-state index contributed by atoms with van der Waals surface area (Å²) in [6.07, 6.45) is -3.46. The Morgan fingerprint density at radius 1 is 1.07 bits per heavy atom. The zero-order chi connectivity index (χ0) is 44.1. The van der Waals surface area contributed by atoms with E-state index in [1.807, 2.05) is 32.0 Å². The van der Waals surface area contributed by atoms with Gasteiger partial charge in [0.15, 0.2) is 17.7 Å². The number of halogens is 1.